The Hall–Kier alpha value is -1.26. The van der Waals surface area contributed by atoms with Gasteiger partial charge in [-0.2, -0.15) is 0 Å². The second-order valence-electron chi connectivity index (χ2n) is 6.00. The number of carbonyl (C=O) groups excluding carboxylic acids is 1. The van der Waals surface area contributed by atoms with Crippen LogP contribution in [0.1, 0.15) is 60.3 Å². The summed E-state index contributed by atoms with van der Waals surface area (Å²) in [6.45, 7) is 11.6. The first-order valence-electron chi connectivity index (χ1n) is 8.09. The Labute approximate surface area is 129 Å². The molecule has 124 valence electrons. The van der Waals surface area contributed by atoms with Gasteiger partial charge in [0.05, 0.1) is 0 Å². The molecule has 5 nitrogen and oxygen atoms in total. The second kappa shape index (κ2) is 10.5. The summed E-state index contributed by atoms with van der Waals surface area (Å²) in [5, 5.41) is 11.7. The Morgan fingerprint density at radius 1 is 1.14 bits per heavy atom. The normalized spacial score (nSPS) is 13.8. The fourth-order valence-electron chi connectivity index (χ4n) is 2.46. The van der Waals surface area contributed by atoms with E-state index in [-0.39, 0.29) is 18.5 Å². The van der Waals surface area contributed by atoms with Gasteiger partial charge < -0.3 is 15.3 Å². The molecule has 2 N–H and O–H groups in total. The minimum atomic E-state index is -0.751. The van der Waals surface area contributed by atoms with Gasteiger partial charge in [0.2, 0.25) is 0 Å². The van der Waals surface area contributed by atoms with E-state index in [2.05, 4.69) is 26.1 Å². The van der Waals surface area contributed by atoms with Gasteiger partial charge in [0, 0.05) is 25.6 Å². The lowest BCUT2D eigenvalue weighted by atomic mass is 9.88. The molecule has 2 atom stereocenters. The third-order valence-electron chi connectivity index (χ3n) is 4.19. The molecule has 0 bridgehead atoms. The van der Waals surface area contributed by atoms with Gasteiger partial charge >= 0.3 is 12.0 Å². The Balaban J connectivity index is 4.23. The maximum Gasteiger partial charge on any atom is 0.317 e. The van der Waals surface area contributed by atoms with Gasteiger partial charge in [-0.1, -0.05) is 20.8 Å². The van der Waals surface area contributed by atoms with Crippen LogP contribution in [0.3, 0.4) is 0 Å². The van der Waals surface area contributed by atoms with Crippen LogP contribution in [-0.2, 0) is 4.79 Å². The fraction of sp³-hybridized carbons (Fsp3) is 0.875. The number of amides is 2. The molecule has 0 saturated heterocycles. The van der Waals surface area contributed by atoms with Gasteiger partial charge in [0.15, 0.2) is 0 Å². The van der Waals surface area contributed by atoms with Gasteiger partial charge in [0.25, 0.3) is 0 Å². The number of rotatable bonds is 10. The van der Waals surface area contributed by atoms with Gasteiger partial charge in [-0.15, -0.1) is 0 Å². The van der Waals surface area contributed by atoms with E-state index in [1.54, 1.807) is 0 Å². The third kappa shape index (κ3) is 7.93. The van der Waals surface area contributed by atoms with Gasteiger partial charge in [-0.25, -0.2) is 4.79 Å². The Morgan fingerprint density at radius 3 is 2.19 bits per heavy atom. The molecule has 0 radical (unpaired) electrons. The molecule has 2 unspecified atom stereocenters. The van der Waals surface area contributed by atoms with E-state index in [1.807, 2.05) is 18.7 Å². The van der Waals surface area contributed by atoms with Crippen molar-refractivity contribution in [2.24, 2.45) is 11.8 Å². The largest absolute Gasteiger partial charge is 0.481 e. The van der Waals surface area contributed by atoms with Gasteiger partial charge in [-0.05, 0) is 44.9 Å². The minimum Gasteiger partial charge on any atom is -0.481 e. The van der Waals surface area contributed by atoms with Crippen molar-refractivity contribution in [2.75, 3.05) is 13.1 Å². The van der Waals surface area contributed by atoms with Crippen LogP contribution in [0.5, 0.6) is 0 Å². The molecule has 0 aromatic carbocycles. The lowest BCUT2D eigenvalue weighted by molar-refractivity contribution is -0.137. The molecular weight excluding hydrogens is 268 g/mol. The summed E-state index contributed by atoms with van der Waals surface area (Å²) in [6.07, 6.45) is 2.64. The van der Waals surface area contributed by atoms with Crippen LogP contribution < -0.4 is 5.32 Å². The fourth-order valence-corrected chi connectivity index (χ4v) is 2.46. The van der Waals surface area contributed by atoms with E-state index in [0.717, 1.165) is 12.8 Å². The zero-order chi connectivity index (χ0) is 16.4. The number of hydrogen-bond donors (Lipinski definition) is 2. The van der Waals surface area contributed by atoms with E-state index in [1.165, 1.54) is 0 Å². The molecule has 0 aliphatic rings. The van der Waals surface area contributed by atoms with Crippen molar-refractivity contribution in [3.8, 4) is 0 Å². The first-order chi connectivity index (χ1) is 9.83. The number of carbonyl (C=O) groups is 2. The molecule has 0 heterocycles. The van der Waals surface area contributed by atoms with Crippen LogP contribution in [0, 0.1) is 11.8 Å². The molecule has 21 heavy (non-hydrogen) atoms. The number of nitrogens with one attached hydrogen (secondary N) is 1. The zero-order valence-electron chi connectivity index (χ0n) is 14.2. The highest BCUT2D eigenvalue weighted by Crippen LogP contribution is 2.20. The smallest absolute Gasteiger partial charge is 0.317 e. The molecule has 2 amide bonds. The first kappa shape index (κ1) is 19.7. The summed E-state index contributed by atoms with van der Waals surface area (Å²) in [4.78, 5) is 24.6. The monoisotopic (exact) mass is 300 g/mol. The second-order valence-corrected chi connectivity index (χ2v) is 6.00. The number of carboxylic acid groups (broad SMARTS) is 1. The molecule has 0 aliphatic heterocycles. The maximum atomic E-state index is 12.1. The average molecular weight is 300 g/mol. The van der Waals surface area contributed by atoms with Crippen LogP contribution in [0.4, 0.5) is 4.79 Å². The predicted molar refractivity (Wildman–Crippen MR) is 85.3 cm³/mol. The topological polar surface area (TPSA) is 69.6 Å². The highest BCUT2D eigenvalue weighted by atomic mass is 16.4. The van der Waals surface area contributed by atoms with Crippen LogP contribution in [-0.4, -0.2) is 41.1 Å². The zero-order valence-corrected chi connectivity index (χ0v) is 14.2. The quantitative estimate of drug-likeness (QED) is 0.650. The highest BCUT2D eigenvalue weighted by molar-refractivity contribution is 5.74. The number of nitrogens with zero attached hydrogens (tertiary/aromatic N) is 1. The highest BCUT2D eigenvalue weighted by Gasteiger charge is 2.18. The lowest BCUT2D eigenvalue weighted by Gasteiger charge is -2.28. The van der Waals surface area contributed by atoms with Gasteiger partial charge in [0.1, 0.15) is 0 Å². The molecule has 0 saturated carbocycles. The van der Waals surface area contributed by atoms with Crippen molar-refractivity contribution in [3.05, 3.63) is 0 Å². The molecule has 0 fully saturated rings. The number of aliphatic carboxylic acids is 1. The summed E-state index contributed by atoms with van der Waals surface area (Å²) in [5.74, 6) is 0.0109. The molecule has 0 spiro atoms. The van der Waals surface area contributed by atoms with Crippen molar-refractivity contribution in [1.29, 1.82) is 0 Å². The SMILES string of the molecule is CCC(C)N(CC)C(=O)NCCC(CCC(=O)O)C(C)C. The van der Waals surface area contributed by atoms with Crippen LogP contribution in [0.15, 0.2) is 0 Å². The van der Waals surface area contributed by atoms with E-state index < -0.39 is 5.97 Å². The van der Waals surface area contributed by atoms with Crippen LogP contribution >= 0.6 is 0 Å². The summed E-state index contributed by atoms with van der Waals surface area (Å²) < 4.78 is 0. The summed E-state index contributed by atoms with van der Waals surface area (Å²) in [6, 6.07) is 0.218. The molecular formula is C16H32N2O3. The summed E-state index contributed by atoms with van der Waals surface area (Å²) in [7, 11) is 0. The minimum absolute atomic E-state index is 0.0207. The standard InChI is InChI=1S/C16H32N2O3/c1-6-13(5)18(7-2)16(21)17-11-10-14(12(3)4)8-9-15(19)20/h12-14H,6-11H2,1-5H3,(H,17,21)(H,19,20). The molecule has 5 heteroatoms. The summed E-state index contributed by atoms with van der Waals surface area (Å²) in [5.41, 5.74) is 0. The van der Waals surface area contributed by atoms with E-state index in [9.17, 15) is 9.59 Å². The van der Waals surface area contributed by atoms with Crippen molar-refractivity contribution >= 4 is 12.0 Å². The van der Waals surface area contributed by atoms with E-state index in [0.29, 0.717) is 31.3 Å². The predicted octanol–water partition coefficient (Wildman–Crippen LogP) is 3.34. The van der Waals surface area contributed by atoms with Crippen molar-refractivity contribution < 1.29 is 14.7 Å². The molecule has 0 aliphatic carbocycles. The summed E-state index contributed by atoms with van der Waals surface area (Å²) >= 11 is 0. The van der Waals surface area contributed by atoms with Crippen molar-refractivity contribution in [3.63, 3.8) is 0 Å². The number of carboxylic acids is 1. The lowest BCUT2D eigenvalue weighted by Crippen LogP contribution is -2.45. The van der Waals surface area contributed by atoms with E-state index in [4.69, 9.17) is 5.11 Å². The molecule has 0 aromatic rings. The van der Waals surface area contributed by atoms with E-state index >= 15 is 0 Å². The molecule has 0 aromatic heterocycles. The maximum absolute atomic E-state index is 12.1. The first-order valence-corrected chi connectivity index (χ1v) is 8.09. The Bertz CT molecular complexity index is 319. The Kier molecular flexibility index (Phi) is 9.84. The Morgan fingerprint density at radius 2 is 1.76 bits per heavy atom. The third-order valence-corrected chi connectivity index (χ3v) is 4.19. The van der Waals surface area contributed by atoms with Crippen LogP contribution in [0.25, 0.3) is 0 Å². The van der Waals surface area contributed by atoms with Crippen molar-refractivity contribution in [1.82, 2.24) is 10.2 Å². The average Bonchev–Trinajstić information content (AvgIpc) is 2.42. The van der Waals surface area contributed by atoms with Crippen LogP contribution in [0.2, 0.25) is 0 Å². The van der Waals surface area contributed by atoms with Gasteiger partial charge in [-0.3, -0.25) is 4.79 Å². The number of urea groups is 1. The molecule has 0 rings (SSSR count). The van der Waals surface area contributed by atoms with Crippen molar-refractivity contribution in [2.45, 2.75) is 66.3 Å². The number of hydrogen-bond acceptors (Lipinski definition) is 2.